The molecule has 2 atom stereocenters. The van der Waals surface area contributed by atoms with Crippen molar-refractivity contribution in [2.45, 2.75) is 25.9 Å². The molecule has 1 aliphatic heterocycles. The van der Waals surface area contributed by atoms with Crippen LogP contribution in [0.25, 0.3) is 0 Å². The van der Waals surface area contributed by atoms with Gasteiger partial charge in [0.05, 0.1) is 19.1 Å². The van der Waals surface area contributed by atoms with Gasteiger partial charge in [0.15, 0.2) is 0 Å². The molecule has 2 unspecified atom stereocenters. The Bertz CT molecular complexity index is 570. The van der Waals surface area contributed by atoms with Crippen LogP contribution in [-0.2, 0) is 9.53 Å². The minimum absolute atomic E-state index is 0.0861. The summed E-state index contributed by atoms with van der Waals surface area (Å²) in [6, 6.07) is 8.27. The first kappa shape index (κ1) is 19.0. The monoisotopic (exact) mass is 361 g/mol. The van der Waals surface area contributed by atoms with Gasteiger partial charge in [-0.05, 0) is 50.6 Å². The van der Waals surface area contributed by atoms with E-state index in [0.29, 0.717) is 6.61 Å². The van der Waals surface area contributed by atoms with Gasteiger partial charge in [0.1, 0.15) is 5.75 Å². The van der Waals surface area contributed by atoms with Gasteiger partial charge in [0, 0.05) is 45.0 Å². The third kappa shape index (κ3) is 5.11. The summed E-state index contributed by atoms with van der Waals surface area (Å²) in [5, 5.41) is 3.05. The molecule has 3 rings (SSSR count). The zero-order valence-electron chi connectivity index (χ0n) is 15.9. The van der Waals surface area contributed by atoms with Gasteiger partial charge in [-0.3, -0.25) is 9.69 Å². The van der Waals surface area contributed by atoms with Crippen molar-refractivity contribution in [3.05, 3.63) is 24.3 Å². The lowest BCUT2D eigenvalue weighted by atomic mass is 10.2. The number of hydrogen-bond donors (Lipinski definition) is 1. The number of nitrogens with zero attached hydrogens (tertiary/aromatic N) is 2. The van der Waals surface area contributed by atoms with E-state index in [9.17, 15) is 4.79 Å². The van der Waals surface area contributed by atoms with Crippen molar-refractivity contribution in [2.75, 3.05) is 57.9 Å². The van der Waals surface area contributed by atoms with Crippen molar-refractivity contribution in [3.63, 3.8) is 0 Å². The molecule has 1 N–H and O–H groups in total. The number of methoxy groups -OCH3 is 1. The van der Waals surface area contributed by atoms with Crippen LogP contribution in [0.5, 0.6) is 5.75 Å². The molecule has 144 valence electrons. The summed E-state index contributed by atoms with van der Waals surface area (Å²) >= 11 is 0. The lowest BCUT2D eigenvalue weighted by Gasteiger charge is -2.36. The van der Waals surface area contributed by atoms with Gasteiger partial charge < -0.3 is 19.7 Å². The zero-order chi connectivity index (χ0) is 18.4. The number of benzene rings is 1. The van der Waals surface area contributed by atoms with Crippen molar-refractivity contribution >= 4 is 11.6 Å². The first-order valence-corrected chi connectivity index (χ1v) is 9.72. The Morgan fingerprint density at radius 2 is 1.92 bits per heavy atom. The van der Waals surface area contributed by atoms with E-state index >= 15 is 0 Å². The Morgan fingerprint density at radius 3 is 2.58 bits per heavy atom. The molecule has 1 aliphatic carbocycles. The van der Waals surface area contributed by atoms with E-state index in [0.717, 1.165) is 57.9 Å². The maximum atomic E-state index is 12.0. The Kier molecular flexibility index (Phi) is 6.74. The van der Waals surface area contributed by atoms with Crippen LogP contribution < -0.4 is 15.0 Å². The van der Waals surface area contributed by atoms with Crippen LogP contribution in [0.15, 0.2) is 24.3 Å². The highest BCUT2D eigenvalue weighted by molar-refractivity contribution is 5.82. The summed E-state index contributed by atoms with van der Waals surface area (Å²) in [5.41, 5.74) is 1.26. The molecule has 6 nitrogen and oxygen atoms in total. The van der Waals surface area contributed by atoms with Crippen LogP contribution in [0.3, 0.4) is 0 Å². The van der Waals surface area contributed by atoms with E-state index in [1.54, 1.807) is 7.11 Å². The van der Waals surface area contributed by atoms with Crippen molar-refractivity contribution < 1.29 is 14.3 Å². The number of ether oxygens (including phenoxy) is 2. The predicted molar refractivity (Wildman–Crippen MR) is 103 cm³/mol. The Labute approximate surface area is 156 Å². The zero-order valence-corrected chi connectivity index (χ0v) is 15.9. The van der Waals surface area contributed by atoms with Crippen molar-refractivity contribution in [2.24, 2.45) is 5.92 Å². The van der Waals surface area contributed by atoms with E-state index in [-0.39, 0.29) is 17.9 Å². The second-order valence-electron chi connectivity index (χ2n) is 7.01. The molecule has 1 aromatic carbocycles. The normalized spacial score (nSPS) is 22.9. The number of amides is 1. The topological polar surface area (TPSA) is 54.0 Å². The van der Waals surface area contributed by atoms with Gasteiger partial charge in [-0.1, -0.05) is 0 Å². The minimum Gasteiger partial charge on any atom is -0.497 e. The van der Waals surface area contributed by atoms with E-state index in [4.69, 9.17) is 9.47 Å². The van der Waals surface area contributed by atoms with Crippen LogP contribution in [0, 0.1) is 5.92 Å². The maximum Gasteiger partial charge on any atom is 0.225 e. The molecule has 2 aliphatic rings. The first-order valence-electron chi connectivity index (χ1n) is 9.72. The van der Waals surface area contributed by atoms with Gasteiger partial charge in [0.25, 0.3) is 0 Å². The summed E-state index contributed by atoms with van der Waals surface area (Å²) in [4.78, 5) is 16.9. The highest BCUT2D eigenvalue weighted by atomic mass is 16.5. The molecular formula is C20H31N3O3. The SMILES string of the molecule is CCOC1CC1C(=O)NCCCN1CCN(c2ccc(OC)cc2)CC1. The van der Waals surface area contributed by atoms with Crippen molar-refractivity contribution in [1.29, 1.82) is 0 Å². The average Bonchev–Trinajstić information content (AvgIpc) is 3.45. The predicted octanol–water partition coefficient (Wildman–Crippen LogP) is 1.75. The van der Waals surface area contributed by atoms with Gasteiger partial charge in [-0.25, -0.2) is 0 Å². The van der Waals surface area contributed by atoms with Crippen LogP contribution in [0.1, 0.15) is 19.8 Å². The molecule has 2 fully saturated rings. The van der Waals surface area contributed by atoms with Crippen molar-refractivity contribution in [3.8, 4) is 5.75 Å². The minimum atomic E-state index is 0.0861. The summed E-state index contributed by atoms with van der Waals surface area (Å²) < 4.78 is 10.7. The fourth-order valence-electron chi connectivity index (χ4n) is 3.51. The number of nitrogens with one attached hydrogen (secondary N) is 1. The fourth-order valence-corrected chi connectivity index (χ4v) is 3.51. The summed E-state index contributed by atoms with van der Waals surface area (Å²) in [6.07, 6.45) is 2.04. The van der Waals surface area contributed by atoms with Crippen LogP contribution in [-0.4, -0.2) is 69.9 Å². The van der Waals surface area contributed by atoms with Crippen LogP contribution in [0.2, 0.25) is 0 Å². The van der Waals surface area contributed by atoms with Crippen molar-refractivity contribution in [1.82, 2.24) is 10.2 Å². The van der Waals surface area contributed by atoms with Crippen LogP contribution in [0.4, 0.5) is 5.69 Å². The summed E-state index contributed by atoms with van der Waals surface area (Å²) in [5.74, 6) is 1.14. The molecule has 1 aromatic rings. The summed E-state index contributed by atoms with van der Waals surface area (Å²) in [7, 11) is 1.69. The number of carbonyl (C=O) groups is 1. The molecule has 26 heavy (non-hydrogen) atoms. The highest BCUT2D eigenvalue weighted by Crippen LogP contribution is 2.33. The molecule has 1 saturated carbocycles. The standard InChI is InChI=1S/C20H31N3O3/c1-3-26-19-15-18(19)20(24)21-9-4-10-22-11-13-23(14-12-22)16-5-7-17(25-2)8-6-16/h5-8,18-19H,3-4,9-15H2,1-2H3,(H,21,24). The number of anilines is 1. The molecule has 0 radical (unpaired) electrons. The van der Waals surface area contributed by atoms with E-state index in [2.05, 4.69) is 27.2 Å². The van der Waals surface area contributed by atoms with Gasteiger partial charge in [0.2, 0.25) is 5.91 Å². The number of rotatable bonds is 9. The number of piperazine rings is 1. The molecule has 1 heterocycles. The van der Waals surface area contributed by atoms with Gasteiger partial charge in [-0.15, -0.1) is 0 Å². The molecular weight excluding hydrogens is 330 g/mol. The Hall–Kier alpha value is -1.79. The third-order valence-corrected chi connectivity index (χ3v) is 5.21. The third-order valence-electron chi connectivity index (χ3n) is 5.21. The molecule has 0 spiro atoms. The second kappa shape index (κ2) is 9.24. The quantitative estimate of drug-likeness (QED) is 0.679. The summed E-state index contributed by atoms with van der Waals surface area (Å²) in [6.45, 7) is 8.67. The lowest BCUT2D eigenvalue weighted by Crippen LogP contribution is -2.47. The van der Waals surface area contributed by atoms with Gasteiger partial charge in [-0.2, -0.15) is 0 Å². The molecule has 6 heteroatoms. The molecule has 0 bridgehead atoms. The lowest BCUT2D eigenvalue weighted by molar-refractivity contribution is -0.123. The average molecular weight is 361 g/mol. The van der Waals surface area contributed by atoms with E-state index < -0.39 is 0 Å². The molecule has 0 aromatic heterocycles. The maximum absolute atomic E-state index is 12.0. The van der Waals surface area contributed by atoms with E-state index in [1.807, 2.05) is 19.1 Å². The Morgan fingerprint density at radius 1 is 1.19 bits per heavy atom. The number of hydrogen-bond acceptors (Lipinski definition) is 5. The van der Waals surface area contributed by atoms with E-state index in [1.165, 1.54) is 5.69 Å². The fraction of sp³-hybridized carbons (Fsp3) is 0.650. The van der Waals surface area contributed by atoms with Crippen LogP contribution >= 0.6 is 0 Å². The highest BCUT2D eigenvalue weighted by Gasteiger charge is 2.43. The first-order chi connectivity index (χ1) is 12.7. The largest absolute Gasteiger partial charge is 0.497 e. The number of carbonyl (C=O) groups excluding carboxylic acids is 1. The molecule has 1 saturated heterocycles. The molecule has 1 amide bonds. The Balaban J connectivity index is 1.29. The smallest absolute Gasteiger partial charge is 0.225 e. The second-order valence-corrected chi connectivity index (χ2v) is 7.01. The van der Waals surface area contributed by atoms with Gasteiger partial charge >= 0.3 is 0 Å².